The number of hydrogen-bond acceptors (Lipinski definition) is 4. The zero-order valence-electron chi connectivity index (χ0n) is 10.6. The van der Waals surface area contributed by atoms with Gasteiger partial charge in [-0.3, -0.25) is 0 Å². The fraction of sp³-hybridized carbons (Fsp3) is 0.214. The molecule has 2 rings (SSSR count). The van der Waals surface area contributed by atoms with Gasteiger partial charge in [-0.2, -0.15) is 5.26 Å². The highest BCUT2D eigenvalue weighted by atomic mass is 79.9. The summed E-state index contributed by atoms with van der Waals surface area (Å²) in [6.07, 6.45) is 0. The van der Waals surface area contributed by atoms with Gasteiger partial charge < -0.3 is 0 Å². The van der Waals surface area contributed by atoms with Crippen molar-refractivity contribution in [3.8, 4) is 6.07 Å². The molecule has 0 aliphatic heterocycles. The van der Waals surface area contributed by atoms with Gasteiger partial charge in [0.1, 0.15) is 22.5 Å². The lowest BCUT2D eigenvalue weighted by Crippen LogP contribution is -1.99. The van der Waals surface area contributed by atoms with E-state index in [2.05, 4.69) is 38.0 Å². The first-order valence-electron chi connectivity index (χ1n) is 5.73. The van der Waals surface area contributed by atoms with Crippen molar-refractivity contribution in [3.05, 3.63) is 51.4 Å². The molecule has 0 spiro atoms. The minimum Gasteiger partial charge on any atom is -0.237 e. The second-order valence-corrected chi connectivity index (χ2v) is 5.85. The van der Waals surface area contributed by atoms with E-state index in [0.717, 1.165) is 20.9 Å². The first kappa shape index (κ1) is 14.0. The van der Waals surface area contributed by atoms with E-state index in [-0.39, 0.29) is 0 Å². The number of benzene rings is 1. The maximum atomic E-state index is 9.19. The van der Waals surface area contributed by atoms with Gasteiger partial charge in [-0.05, 0) is 25.5 Å². The largest absolute Gasteiger partial charge is 0.237 e. The van der Waals surface area contributed by atoms with E-state index >= 15 is 0 Å². The van der Waals surface area contributed by atoms with Gasteiger partial charge in [0.15, 0.2) is 0 Å². The van der Waals surface area contributed by atoms with Crippen LogP contribution in [-0.4, -0.2) is 9.97 Å². The van der Waals surface area contributed by atoms with Crippen molar-refractivity contribution in [1.82, 2.24) is 9.97 Å². The molecule has 0 fully saturated rings. The van der Waals surface area contributed by atoms with Crippen LogP contribution >= 0.6 is 27.7 Å². The van der Waals surface area contributed by atoms with Crippen LogP contribution in [0.4, 0.5) is 0 Å². The molecular weight excluding hydrogens is 322 g/mol. The Labute approximate surface area is 125 Å². The number of rotatable bonds is 3. The maximum Gasteiger partial charge on any atom is 0.126 e. The molecule has 2 aromatic rings. The summed E-state index contributed by atoms with van der Waals surface area (Å²) in [6, 6.07) is 10.2. The van der Waals surface area contributed by atoms with Gasteiger partial charge >= 0.3 is 0 Å². The van der Waals surface area contributed by atoms with Crippen LogP contribution in [0.5, 0.6) is 0 Å². The highest BCUT2D eigenvalue weighted by Crippen LogP contribution is 2.28. The second kappa shape index (κ2) is 6.18. The minimum atomic E-state index is 0.572. The summed E-state index contributed by atoms with van der Waals surface area (Å²) in [5.41, 5.74) is 2.50. The first-order chi connectivity index (χ1) is 9.11. The number of aromatic nitrogens is 2. The molecule has 0 radical (unpaired) electrons. The fourth-order valence-electron chi connectivity index (χ4n) is 1.68. The summed E-state index contributed by atoms with van der Waals surface area (Å²) >= 11 is 5.09. The summed E-state index contributed by atoms with van der Waals surface area (Å²) in [5.74, 6) is 1.47. The normalized spacial score (nSPS) is 10.2. The molecule has 0 aliphatic carbocycles. The summed E-state index contributed by atoms with van der Waals surface area (Å²) in [4.78, 5) is 8.58. The van der Waals surface area contributed by atoms with Crippen LogP contribution in [-0.2, 0) is 5.75 Å². The topological polar surface area (TPSA) is 49.6 Å². The van der Waals surface area contributed by atoms with Gasteiger partial charge in [-0.15, -0.1) is 11.8 Å². The molecular formula is C14H12BrN3S. The van der Waals surface area contributed by atoms with E-state index < -0.39 is 0 Å². The molecule has 0 atom stereocenters. The summed E-state index contributed by atoms with van der Waals surface area (Å²) in [5, 5.41) is 9.94. The number of aryl methyl sites for hydroxylation is 2. The number of halogens is 1. The highest BCUT2D eigenvalue weighted by molar-refractivity contribution is 9.10. The molecule has 0 unspecified atom stereocenters. The van der Waals surface area contributed by atoms with Crippen LogP contribution in [0.1, 0.15) is 22.6 Å². The Morgan fingerprint density at radius 3 is 2.68 bits per heavy atom. The third kappa shape index (κ3) is 3.34. The van der Waals surface area contributed by atoms with Crippen molar-refractivity contribution in [2.24, 2.45) is 0 Å². The van der Waals surface area contributed by atoms with Crippen LogP contribution < -0.4 is 0 Å². The molecule has 1 heterocycles. The Kier molecular flexibility index (Phi) is 4.56. The molecule has 0 aliphatic rings. The smallest absolute Gasteiger partial charge is 0.126 e. The predicted molar refractivity (Wildman–Crippen MR) is 79.9 cm³/mol. The zero-order valence-corrected chi connectivity index (χ0v) is 13.0. The van der Waals surface area contributed by atoms with Crippen LogP contribution in [0.3, 0.4) is 0 Å². The van der Waals surface area contributed by atoms with Crippen molar-refractivity contribution in [3.63, 3.8) is 0 Å². The Bertz CT molecular complexity index is 650. The lowest BCUT2D eigenvalue weighted by Gasteiger charge is -2.07. The summed E-state index contributed by atoms with van der Waals surface area (Å²) < 4.78 is 1.07. The molecule has 5 heteroatoms. The van der Waals surface area contributed by atoms with Crippen molar-refractivity contribution in [1.29, 1.82) is 5.26 Å². The van der Waals surface area contributed by atoms with E-state index in [0.29, 0.717) is 11.4 Å². The number of hydrogen-bond donors (Lipinski definition) is 0. The molecule has 19 heavy (non-hydrogen) atoms. The number of thioether (sulfide) groups is 1. The van der Waals surface area contributed by atoms with Crippen LogP contribution in [0.2, 0.25) is 0 Å². The Morgan fingerprint density at radius 2 is 2.00 bits per heavy atom. The van der Waals surface area contributed by atoms with Crippen molar-refractivity contribution >= 4 is 27.7 Å². The molecule has 0 saturated carbocycles. The summed E-state index contributed by atoms with van der Waals surface area (Å²) in [6.45, 7) is 3.69. The minimum absolute atomic E-state index is 0.572. The van der Waals surface area contributed by atoms with Gasteiger partial charge in [-0.25, -0.2) is 9.97 Å². The SMILES string of the molecule is Cc1nc(C)c(C#N)c(SCc2ccccc2Br)n1. The Balaban J connectivity index is 2.25. The van der Waals surface area contributed by atoms with E-state index in [1.165, 1.54) is 5.56 Å². The number of nitrogens with zero attached hydrogens (tertiary/aromatic N) is 3. The quantitative estimate of drug-likeness (QED) is 0.628. The average molecular weight is 334 g/mol. The zero-order chi connectivity index (χ0) is 13.8. The van der Waals surface area contributed by atoms with Gasteiger partial charge in [0, 0.05) is 10.2 Å². The van der Waals surface area contributed by atoms with Gasteiger partial charge in [-0.1, -0.05) is 34.1 Å². The van der Waals surface area contributed by atoms with Crippen molar-refractivity contribution < 1.29 is 0 Å². The fourth-order valence-corrected chi connectivity index (χ4v) is 3.36. The van der Waals surface area contributed by atoms with Crippen molar-refractivity contribution in [2.75, 3.05) is 0 Å². The first-order valence-corrected chi connectivity index (χ1v) is 7.51. The molecule has 1 aromatic carbocycles. The Morgan fingerprint density at radius 1 is 1.26 bits per heavy atom. The monoisotopic (exact) mass is 333 g/mol. The van der Waals surface area contributed by atoms with Gasteiger partial charge in [0.2, 0.25) is 0 Å². The lowest BCUT2D eigenvalue weighted by molar-refractivity contribution is 0.923. The molecule has 0 saturated heterocycles. The third-order valence-electron chi connectivity index (χ3n) is 2.60. The molecule has 3 nitrogen and oxygen atoms in total. The number of nitriles is 1. The van der Waals surface area contributed by atoms with E-state index in [1.807, 2.05) is 32.0 Å². The molecule has 0 amide bonds. The van der Waals surface area contributed by atoms with Crippen LogP contribution in [0.25, 0.3) is 0 Å². The highest BCUT2D eigenvalue weighted by Gasteiger charge is 2.11. The molecule has 1 aromatic heterocycles. The van der Waals surface area contributed by atoms with Crippen molar-refractivity contribution in [2.45, 2.75) is 24.6 Å². The molecule has 0 bridgehead atoms. The van der Waals surface area contributed by atoms with Gasteiger partial charge in [0.25, 0.3) is 0 Å². The van der Waals surface area contributed by atoms with Crippen LogP contribution in [0.15, 0.2) is 33.8 Å². The Hall–Kier alpha value is -1.38. The standard InChI is InChI=1S/C14H12BrN3S/c1-9-12(7-16)14(18-10(2)17-9)19-8-11-5-3-4-6-13(11)15/h3-6H,8H2,1-2H3. The summed E-state index contributed by atoms with van der Waals surface area (Å²) in [7, 11) is 0. The third-order valence-corrected chi connectivity index (χ3v) is 4.40. The molecule has 0 N–H and O–H groups in total. The predicted octanol–water partition coefficient (Wildman–Crippen LogP) is 4.02. The van der Waals surface area contributed by atoms with Crippen LogP contribution in [0, 0.1) is 25.2 Å². The average Bonchev–Trinajstić information content (AvgIpc) is 2.37. The second-order valence-electron chi connectivity index (χ2n) is 4.03. The van der Waals surface area contributed by atoms with Gasteiger partial charge in [0.05, 0.1) is 5.69 Å². The van der Waals surface area contributed by atoms with E-state index in [4.69, 9.17) is 0 Å². The van der Waals surface area contributed by atoms with E-state index in [1.54, 1.807) is 11.8 Å². The van der Waals surface area contributed by atoms with E-state index in [9.17, 15) is 5.26 Å². The molecule has 96 valence electrons. The maximum absolute atomic E-state index is 9.19. The lowest BCUT2D eigenvalue weighted by atomic mass is 10.2.